The summed E-state index contributed by atoms with van der Waals surface area (Å²) in [5, 5.41) is 19.4. The Hall–Kier alpha value is -2.81. The quantitative estimate of drug-likeness (QED) is 0.355. The number of aryl methyl sites for hydroxylation is 2. The summed E-state index contributed by atoms with van der Waals surface area (Å²) in [6, 6.07) is 14.6. The normalized spacial score (nSPS) is 17.8. The predicted octanol–water partition coefficient (Wildman–Crippen LogP) is 5.45. The van der Waals surface area contributed by atoms with Crippen molar-refractivity contribution in [2.24, 2.45) is 0 Å². The highest BCUT2D eigenvalue weighted by Crippen LogP contribution is 2.36. The Bertz CT molecular complexity index is 1340. The molecule has 2 aromatic heterocycles. The average Bonchev–Trinajstić information content (AvgIpc) is 3.54. The van der Waals surface area contributed by atoms with Crippen molar-refractivity contribution in [1.82, 2.24) is 15.1 Å². The van der Waals surface area contributed by atoms with E-state index in [4.69, 9.17) is 13.6 Å². The Balaban J connectivity index is 1.03. The third-order valence-electron chi connectivity index (χ3n) is 7.16. The van der Waals surface area contributed by atoms with Gasteiger partial charge in [-0.2, -0.15) is 0 Å². The molecular formula is C28H31N3O4S. The van der Waals surface area contributed by atoms with Crippen LogP contribution in [-0.2, 0) is 6.42 Å². The number of aliphatic hydroxyl groups is 1. The van der Waals surface area contributed by atoms with Crippen LogP contribution in [0.25, 0.3) is 22.6 Å². The number of benzene rings is 2. The number of piperidine rings is 1. The van der Waals surface area contributed by atoms with Crippen LogP contribution in [0.15, 0.2) is 56.2 Å². The zero-order chi connectivity index (χ0) is 24.5. The number of β-amino-alcohol motifs (C(OH)–C–C–N with tert-alkyl or cyclic N) is 1. The van der Waals surface area contributed by atoms with Crippen molar-refractivity contribution >= 4 is 22.7 Å². The van der Waals surface area contributed by atoms with Crippen molar-refractivity contribution in [1.29, 1.82) is 0 Å². The molecule has 2 aliphatic rings. The van der Waals surface area contributed by atoms with Crippen molar-refractivity contribution in [3.63, 3.8) is 0 Å². The second kappa shape index (κ2) is 10.3. The second-order valence-corrected chi connectivity index (χ2v) is 10.9. The fourth-order valence-electron chi connectivity index (χ4n) is 5.26. The highest BCUT2D eigenvalue weighted by atomic mass is 32.2. The van der Waals surface area contributed by atoms with Crippen LogP contribution in [0.5, 0.6) is 5.75 Å². The van der Waals surface area contributed by atoms with Gasteiger partial charge in [0.1, 0.15) is 24.0 Å². The van der Waals surface area contributed by atoms with Crippen LogP contribution in [0.4, 0.5) is 0 Å². The number of furan rings is 1. The van der Waals surface area contributed by atoms with Gasteiger partial charge >= 0.3 is 0 Å². The Morgan fingerprint density at radius 1 is 1.14 bits per heavy atom. The Kier molecular flexibility index (Phi) is 6.73. The van der Waals surface area contributed by atoms with E-state index in [-0.39, 0.29) is 6.61 Å². The molecule has 0 spiro atoms. The van der Waals surface area contributed by atoms with Crippen LogP contribution in [0.1, 0.15) is 42.2 Å². The Morgan fingerprint density at radius 2 is 2.03 bits per heavy atom. The van der Waals surface area contributed by atoms with Gasteiger partial charge in [0.25, 0.3) is 5.89 Å². The van der Waals surface area contributed by atoms with Crippen molar-refractivity contribution in [3.8, 4) is 17.4 Å². The van der Waals surface area contributed by atoms with Gasteiger partial charge in [0, 0.05) is 24.4 Å². The summed E-state index contributed by atoms with van der Waals surface area (Å²) in [5.41, 5.74) is 3.67. The summed E-state index contributed by atoms with van der Waals surface area (Å²) in [6.45, 7) is 4.57. The smallest absolute Gasteiger partial charge is 0.283 e. The van der Waals surface area contributed by atoms with Crippen LogP contribution in [0.3, 0.4) is 0 Å². The van der Waals surface area contributed by atoms with Gasteiger partial charge in [-0.05, 0) is 79.8 Å². The summed E-state index contributed by atoms with van der Waals surface area (Å²) in [6.07, 6.45) is 4.20. The van der Waals surface area contributed by atoms with E-state index in [0.29, 0.717) is 41.3 Å². The van der Waals surface area contributed by atoms with Crippen LogP contribution in [-0.4, -0.2) is 58.3 Å². The number of nitrogens with zero attached hydrogens (tertiary/aromatic N) is 3. The SMILES string of the molecule is Cc1nnc(-c2cc3c(OCC(O)CN4CCC(c5ccc6c(c5)SCCC6)CC4)cccc3o2)o1. The van der Waals surface area contributed by atoms with E-state index in [0.717, 1.165) is 31.3 Å². The van der Waals surface area contributed by atoms with Gasteiger partial charge in [0.15, 0.2) is 5.76 Å². The van der Waals surface area contributed by atoms with Crippen LogP contribution >= 0.6 is 11.8 Å². The monoisotopic (exact) mass is 505 g/mol. The largest absolute Gasteiger partial charge is 0.490 e. The molecular weight excluding hydrogens is 474 g/mol. The van der Waals surface area contributed by atoms with Gasteiger partial charge in [-0.3, -0.25) is 0 Å². The zero-order valence-corrected chi connectivity index (χ0v) is 21.3. The van der Waals surface area contributed by atoms with E-state index in [2.05, 4.69) is 33.3 Å². The van der Waals surface area contributed by atoms with E-state index < -0.39 is 6.10 Å². The summed E-state index contributed by atoms with van der Waals surface area (Å²) in [5.74, 6) is 3.84. The lowest BCUT2D eigenvalue weighted by Gasteiger charge is -2.33. The minimum Gasteiger partial charge on any atom is -0.490 e. The molecule has 2 aliphatic heterocycles. The summed E-state index contributed by atoms with van der Waals surface area (Å²) in [4.78, 5) is 3.84. The molecule has 8 heteroatoms. The number of likely N-dealkylation sites (tertiary alicyclic amines) is 1. The second-order valence-electron chi connectivity index (χ2n) is 9.76. The molecule has 2 aromatic carbocycles. The van der Waals surface area contributed by atoms with Gasteiger partial charge in [-0.1, -0.05) is 18.2 Å². The molecule has 0 aliphatic carbocycles. The van der Waals surface area contributed by atoms with Gasteiger partial charge < -0.3 is 23.6 Å². The van der Waals surface area contributed by atoms with E-state index in [1.807, 2.05) is 36.0 Å². The van der Waals surface area contributed by atoms with Crippen molar-refractivity contribution < 1.29 is 18.7 Å². The molecule has 6 rings (SSSR count). The highest BCUT2D eigenvalue weighted by molar-refractivity contribution is 7.99. The molecule has 188 valence electrons. The molecule has 1 fully saturated rings. The molecule has 0 radical (unpaired) electrons. The van der Waals surface area contributed by atoms with E-state index in [1.165, 1.54) is 34.6 Å². The lowest BCUT2D eigenvalue weighted by Crippen LogP contribution is -2.40. The molecule has 4 heterocycles. The van der Waals surface area contributed by atoms with E-state index >= 15 is 0 Å². The minimum absolute atomic E-state index is 0.223. The van der Waals surface area contributed by atoms with Gasteiger partial charge in [0.2, 0.25) is 5.89 Å². The summed E-state index contributed by atoms with van der Waals surface area (Å²) >= 11 is 2.01. The first-order valence-electron chi connectivity index (χ1n) is 12.7. The van der Waals surface area contributed by atoms with Gasteiger partial charge in [-0.25, -0.2) is 0 Å². The molecule has 1 atom stereocenters. The topological polar surface area (TPSA) is 84.8 Å². The van der Waals surface area contributed by atoms with E-state index in [1.54, 1.807) is 6.92 Å². The van der Waals surface area contributed by atoms with Crippen LogP contribution < -0.4 is 4.74 Å². The van der Waals surface area contributed by atoms with E-state index in [9.17, 15) is 5.11 Å². The first-order valence-corrected chi connectivity index (χ1v) is 13.7. The molecule has 1 unspecified atom stereocenters. The van der Waals surface area contributed by atoms with Crippen LogP contribution in [0, 0.1) is 6.92 Å². The Labute approximate surface area is 214 Å². The number of aromatic nitrogens is 2. The molecule has 36 heavy (non-hydrogen) atoms. The fourth-order valence-corrected chi connectivity index (χ4v) is 6.34. The molecule has 0 amide bonds. The molecule has 7 nitrogen and oxygen atoms in total. The minimum atomic E-state index is -0.568. The van der Waals surface area contributed by atoms with Crippen LogP contribution in [0.2, 0.25) is 0 Å². The summed E-state index contributed by atoms with van der Waals surface area (Å²) < 4.78 is 17.4. The average molecular weight is 506 g/mol. The first-order chi connectivity index (χ1) is 17.6. The third-order valence-corrected chi connectivity index (χ3v) is 8.34. The molecule has 1 saturated heterocycles. The fraction of sp³-hybridized carbons (Fsp3) is 0.429. The standard InChI is InChI=1S/C28H31N3O4S/c1-18-29-30-28(34-18)26-15-23-24(5-2-6-25(23)35-26)33-17-22(32)16-31-11-9-19(10-12-31)21-8-7-20-4-3-13-36-27(20)14-21/h2,5-8,14-15,19,22,32H,3-4,9-13,16-17H2,1H3. The maximum absolute atomic E-state index is 10.7. The Morgan fingerprint density at radius 3 is 2.86 bits per heavy atom. The molecule has 1 N–H and O–H groups in total. The highest BCUT2D eigenvalue weighted by Gasteiger charge is 2.24. The lowest BCUT2D eigenvalue weighted by atomic mass is 9.88. The van der Waals surface area contributed by atoms with Crippen molar-refractivity contribution in [2.45, 2.75) is 49.5 Å². The number of hydrogen-bond acceptors (Lipinski definition) is 8. The van der Waals surface area contributed by atoms with Gasteiger partial charge in [-0.15, -0.1) is 22.0 Å². The van der Waals surface area contributed by atoms with Gasteiger partial charge in [0.05, 0.1) is 5.39 Å². The number of fused-ring (bicyclic) bond motifs is 2. The number of thioether (sulfide) groups is 1. The number of aliphatic hydroxyl groups excluding tert-OH is 1. The maximum atomic E-state index is 10.7. The third kappa shape index (κ3) is 5.03. The number of ether oxygens (including phenoxy) is 1. The summed E-state index contributed by atoms with van der Waals surface area (Å²) in [7, 11) is 0. The zero-order valence-electron chi connectivity index (χ0n) is 20.5. The molecule has 4 aromatic rings. The van der Waals surface area contributed by atoms with Crippen molar-refractivity contribution in [3.05, 3.63) is 59.5 Å². The first kappa shape index (κ1) is 23.6. The molecule has 0 saturated carbocycles. The lowest BCUT2D eigenvalue weighted by molar-refractivity contribution is 0.0599. The maximum Gasteiger partial charge on any atom is 0.283 e. The number of hydrogen-bond donors (Lipinski definition) is 1. The number of rotatable bonds is 7. The van der Waals surface area contributed by atoms with Crippen molar-refractivity contribution in [2.75, 3.05) is 32.0 Å². The molecule has 0 bridgehead atoms. The predicted molar refractivity (Wildman–Crippen MR) is 140 cm³/mol.